The lowest BCUT2D eigenvalue weighted by atomic mass is 10.4. The van der Waals surface area contributed by atoms with E-state index in [4.69, 9.17) is 14.2 Å². The Bertz CT molecular complexity index is 193. The second kappa shape index (κ2) is 7.97. The van der Waals surface area contributed by atoms with Gasteiger partial charge in [-0.15, -0.1) is 0 Å². The molecule has 0 fully saturated rings. The molecular formula is C12H20O3. The summed E-state index contributed by atoms with van der Waals surface area (Å²) >= 11 is 0. The molecular weight excluding hydrogens is 192 g/mol. The van der Waals surface area contributed by atoms with E-state index in [9.17, 15) is 0 Å². The molecule has 0 aliphatic heterocycles. The van der Waals surface area contributed by atoms with Crippen molar-refractivity contribution in [3.63, 3.8) is 0 Å². The number of rotatable bonds is 7. The minimum atomic E-state index is -1.06. The molecule has 0 amide bonds. The molecule has 0 aromatic carbocycles. The Labute approximate surface area is 92.0 Å². The van der Waals surface area contributed by atoms with E-state index in [0.717, 1.165) is 0 Å². The van der Waals surface area contributed by atoms with Gasteiger partial charge < -0.3 is 14.2 Å². The number of hydrogen-bond donors (Lipinski definition) is 0. The van der Waals surface area contributed by atoms with Gasteiger partial charge in [0.05, 0.1) is 25.2 Å². The first-order chi connectivity index (χ1) is 7.24. The first-order valence-electron chi connectivity index (χ1n) is 5.11. The van der Waals surface area contributed by atoms with Crippen LogP contribution in [0.25, 0.3) is 0 Å². The molecule has 0 bridgehead atoms. The van der Waals surface area contributed by atoms with Gasteiger partial charge in [-0.2, -0.15) is 0 Å². The van der Waals surface area contributed by atoms with Crippen molar-refractivity contribution in [2.45, 2.75) is 40.1 Å². The summed E-state index contributed by atoms with van der Waals surface area (Å²) in [4.78, 5) is 0. The molecule has 0 aliphatic rings. The highest BCUT2D eigenvalue weighted by molar-refractivity contribution is 4.76. The van der Waals surface area contributed by atoms with E-state index in [1.54, 1.807) is 37.0 Å². The van der Waals surface area contributed by atoms with E-state index < -0.39 is 5.97 Å². The minimum absolute atomic E-state index is 0.575. The van der Waals surface area contributed by atoms with Crippen LogP contribution in [0.5, 0.6) is 0 Å². The lowest BCUT2D eigenvalue weighted by Gasteiger charge is -2.28. The summed E-state index contributed by atoms with van der Waals surface area (Å²) in [5, 5.41) is 0. The molecule has 0 radical (unpaired) electrons. The Balaban J connectivity index is 4.57. The van der Waals surface area contributed by atoms with Crippen LogP contribution in [0.1, 0.15) is 34.1 Å². The van der Waals surface area contributed by atoms with Gasteiger partial charge in [-0.25, -0.2) is 0 Å². The molecule has 0 aromatic rings. The Kier molecular flexibility index (Phi) is 7.24. The van der Waals surface area contributed by atoms with Crippen LogP contribution in [0.15, 0.2) is 37.0 Å². The predicted octanol–water partition coefficient (Wildman–Crippen LogP) is 3.70. The van der Waals surface area contributed by atoms with E-state index in [1.807, 2.05) is 27.7 Å². The topological polar surface area (TPSA) is 27.7 Å². The van der Waals surface area contributed by atoms with Crippen LogP contribution in [-0.4, -0.2) is 5.97 Å². The van der Waals surface area contributed by atoms with Gasteiger partial charge in [-0.1, -0.05) is 25.2 Å². The van der Waals surface area contributed by atoms with Crippen molar-refractivity contribution >= 4 is 0 Å². The summed E-state index contributed by atoms with van der Waals surface area (Å²) in [7, 11) is 0. The highest BCUT2D eigenvalue weighted by Crippen LogP contribution is 2.21. The third-order valence-electron chi connectivity index (χ3n) is 1.58. The van der Waals surface area contributed by atoms with Crippen molar-refractivity contribution in [1.29, 1.82) is 0 Å². The monoisotopic (exact) mass is 212 g/mol. The largest absolute Gasteiger partial charge is 0.429 e. The van der Waals surface area contributed by atoms with Crippen LogP contribution < -0.4 is 0 Å². The standard InChI is InChI=1S/C12H20O3/c1-5-9-13-12(8-4,14-10-6-2)15-11-7-3/h5-7,9-11H,8H2,1-4H3. The number of hydrogen-bond acceptors (Lipinski definition) is 3. The first kappa shape index (κ1) is 13.6. The van der Waals surface area contributed by atoms with Gasteiger partial charge in [0.15, 0.2) is 0 Å². The Morgan fingerprint density at radius 3 is 1.33 bits per heavy atom. The maximum atomic E-state index is 5.40. The van der Waals surface area contributed by atoms with Crippen molar-refractivity contribution in [3.05, 3.63) is 37.0 Å². The second-order valence-electron chi connectivity index (χ2n) is 2.80. The molecule has 0 aromatic heterocycles. The molecule has 15 heavy (non-hydrogen) atoms. The Hall–Kier alpha value is -1.38. The fourth-order valence-corrected chi connectivity index (χ4v) is 0.848. The zero-order valence-corrected chi connectivity index (χ0v) is 9.90. The fraction of sp³-hybridized carbons (Fsp3) is 0.500. The summed E-state index contributed by atoms with van der Waals surface area (Å²) in [6.07, 6.45) is 10.6. The summed E-state index contributed by atoms with van der Waals surface area (Å²) in [5.74, 6) is -1.06. The Morgan fingerprint density at radius 1 is 0.800 bits per heavy atom. The molecule has 3 heteroatoms. The highest BCUT2D eigenvalue weighted by Gasteiger charge is 2.31. The molecule has 0 saturated carbocycles. The molecule has 0 atom stereocenters. The van der Waals surface area contributed by atoms with Crippen LogP contribution in [0, 0.1) is 0 Å². The lowest BCUT2D eigenvalue weighted by molar-refractivity contribution is -0.318. The smallest absolute Gasteiger partial charge is 0.415 e. The SMILES string of the molecule is CC=COC(CC)(OC=CC)OC=CC. The molecule has 0 spiro atoms. The minimum Gasteiger partial charge on any atom is -0.429 e. The van der Waals surface area contributed by atoms with Gasteiger partial charge in [0.1, 0.15) is 0 Å². The summed E-state index contributed by atoms with van der Waals surface area (Å²) in [6, 6.07) is 0. The van der Waals surface area contributed by atoms with E-state index in [1.165, 1.54) is 0 Å². The molecule has 0 rings (SSSR count). The molecule has 0 saturated heterocycles. The zero-order valence-electron chi connectivity index (χ0n) is 9.90. The highest BCUT2D eigenvalue weighted by atomic mass is 16.9. The lowest BCUT2D eigenvalue weighted by Crippen LogP contribution is -2.33. The first-order valence-corrected chi connectivity index (χ1v) is 5.11. The van der Waals surface area contributed by atoms with Crippen molar-refractivity contribution in [2.24, 2.45) is 0 Å². The third-order valence-corrected chi connectivity index (χ3v) is 1.58. The van der Waals surface area contributed by atoms with Crippen molar-refractivity contribution < 1.29 is 14.2 Å². The summed E-state index contributed by atoms with van der Waals surface area (Å²) in [5.41, 5.74) is 0. The average molecular weight is 212 g/mol. The Morgan fingerprint density at radius 2 is 1.13 bits per heavy atom. The summed E-state index contributed by atoms with van der Waals surface area (Å²) in [6.45, 7) is 7.53. The van der Waals surface area contributed by atoms with E-state index in [0.29, 0.717) is 6.42 Å². The number of allylic oxidation sites excluding steroid dienone is 3. The van der Waals surface area contributed by atoms with Crippen LogP contribution in [-0.2, 0) is 14.2 Å². The molecule has 0 heterocycles. The van der Waals surface area contributed by atoms with Gasteiger partial charge in [0.25, 0.3) is 0 Å². The van der Waals surface area contributed by atoms with Crippen LogP contribution in [0.4, 0.5) is 0 Å². The third kappa shape index (κ3) is 5.15. The molecule has 3 nitrogen and oxygen atoms in total. The molecule has 86 valence electrons. The van der Waals surface area contributed by atoms with Gasteiger partial charge >= 0.3 is 5.97 Å². The molecule has 0 N–H and O–H groups in total. The van der Waals surface area contributed by atoms with E-state index in [2.05, 4.69) is 0 Å². The molecule has 0 aliphatic carbocycles. The normalized spacial score (nSPS) is 16.0. The maximum absolute atomic E-state index is 5.40. The molecule has 0 unspecified atom stereocenters. The van der Waals surface area contributed by atoms with Gasteiger partial charge in [-0.3, -0.25) is 0 Å². The zero-order chi connectivity index (χ0) is 11.6. The van der Waals surface area contributed by atoms with Crippen LogP contribution in [0.2, 0.25) is 0 Å². The van der Waals surface area contributed by atoms with Gasteiger partial charge in [0, 0.05) is 0 Å². The van der Waals surface area contributed by atoms with E-state index >= 15 is 0 Å². The van der Waals surface area contributed by atoms with Crippen LogP contribution >= 0.6 is 0 Å². The fourth-order valence-electron chi connectivity index (χ4n) is 0.848. The summed E-state index contributed by atoms with van der Waals surface area (Å²) < 4.78 is 16.2. The van der Waals surface area contributed by atoms with Crippen molar-refractivity contribution in [3.8, 4) is 0 Å². The van der Waals surface area contributed by atoms with Crippen molar-refractivity contribution in [2.75, 3.05) is 0 Å². The predicted molar refractivity (Wildman–Crippen MR) is 60.7 cm³/mol. The van der Waals surface area contributed by atoms with Crippen LogP contribution in [0.3, 0.4) is 0 Å². The van der Waals surface area contributed by atoms with Gasteiger partial charge in [0.2, 0.25) is 0 Å². The van der Waals surface area contributed by atoms with E-state index in [-0.39, 0.29) is 0 Å². The maximum Gasteiger partial charge on any atom is 0.415 e. The van der Waals surface area contributed by atoms with Crippen molar-refractivity contribution in [1.82, 2.24) is 0 Å². The quantitative estimate of drug-likeness (QED) is 0.475. The second-order valence-corrected chi connectivity index (χ2v) is 2.80. The average Bonchev–Trinajstić information content (AvgIpc) is 2.29. The van der Waals surface area contributed by atoms with Gasteiger partial charge in [-0.05, 0) is 20.8 Å². The number of ether oxygens (including phenoxy) is 3.